The molecule has 1 aromatic heterocycles. The highest BCUT2D eigenvalue weighted by molar-refractivity contribution is 9.10. The average molecular weight is 268 g/mol. The van der Waals surface area contributed by atoms with Gasteiger partial charge in [-0.1, -0.05) is 0 Å². The Kier molecular flexibility index (Phi) is 2.97. The second-order valence-corrected chi connectivity index (χ2v) is 5.84. The Labute approximate surface area is 85.0 Å². The third-order valence-corrected chi connectivity index (χ3v) is 3.04. The van der Waals surface area contributed by atoms with Crippen molar-refractivity contribution < 1.29 is 8.42 Å². The maximum absolute atomic E-state index is 10.8. The van der Waals surface area contributed by atoms with E-state index in [1.54, 1.807) is 0 Å². The summed E-state index contributed by atoms with van der Waals surface area (Å²) in [6, 6.07) is 0. The summed E-state index contributed by atoms with van der Waals surface area (Å²) in [7, 11) is -2.96. The van der Waals surface area contributed by atoms with Crippen molar-refractivity contribution in [3.63, 3.8) is 0 Å². The molecule has 0 spiro atoms. The fraction of sp³-hybridized carbons (Fsp3) is 0.500. The molecule has 13 heavy (non-hydrogen) atoms. The van der Waals surface area contributed by atoms with Crippen molar-refractivity contribution in [2.45, 2.75) is 6.54 Å². The van der Waals surface area contributed by atoms with Crippen molar-refractivity contribution in [2.24, 2.45) is 0 Å². The molecule has 0 aliphatic rings. The lowest BCUT2D eigenvalue weighted by Crippen LogP contribution is -2.13. The lowest BCUT2D eigenvalue weighted by atomic mass is 10.6. The van der Waals surface area contributed by atoms with Gasteiger partial charge in [0.05, 0.1) is 23.0 Å². The summed E-state index contributed by atoms with van der Waals surface area (Å²) in [6.07, 6.45) is 2.72. The second kappa shape index (κ2) is 3.67. The van der Waals surface area contributed by atoms with E-state index in [1.807, 2.05) is 0 Å². The van der Waals surface area contributed by atoms with Crippen molar-refractivity contribution >= 4 is 31.6 Å². The molecule has 7 heteroatoms. The number of halogens is 1. The molecule has 0 aliphatic heterocycles. The third kappa shape index (κ3) is 3.00. The number of nitrogens with two attached hydrogens (primary N) is 1. The SMILES string of the molecule is CS(=O)(=O)CCn1ncc(Br)c1N. The van der Waals surface area contributed by atoms with Gasteiger partial charge in [0, 0.05) is 6.26 Å². The highest BCUT2D eigenvalue weighted by Crippen LogP contribution is 2.17. The van der Waals surface area contributed by atoms with Crippen LogP contribution in [0, 0.1) is 0 Å². The lowest BCUT2D eigenvalue weighted by Gasteiger charge is -2.02. The van der Waals surface area contributed by atoms with Gasteiger partial charge in [-0.25, -0.2) is 13.1 Å². The molecule has 1 rings (SSSR count). The molecule has 0 saturated carbocycles. The summed E-state index contributed by atoms with van der Waals surface area (Å²) in [5.74, 6) is 0.495. The molecule has 0 unspecified atom stereocenters. The van der Waals surface area contributed by atoms with Crippen molar-refractivity contribution in [3.05, 3.63) is 10.7 Å². The topological polar surface area (TPSA) is 78.0 Å². The fourth-order valence-electron chi connectivity index (χ4n) is 0.802. The highest BCUT2D eigenvalue weighted by atomic mass is 79.9. The monoisotopic (exact) mass is 267 g/mol. The summed E-state index contributed by atoms with van der Waals surface area (Å²) < 4.78 is 23.8. The Balaban J connectivity index is 2.71. The van der Waals surface area contributed by atoms with Crippen LogP contribution in [-0.4, -0.2) is 30.2 Å². The molecule has 2 N–H and O–H groups in total. The quantitative estimate of drug-likeness (QED) is 0.853. The van der Waals surface area contributed by atoms with Crippen molar-refractivity contribution in [1.82, 2.24) is 9.78 Å². The predicted molar refractivity (Wildman–Crippen MR) is 54.1 cm³/mol. The van der Waals surface area contributed by atoms with Gasteiger partial charge in [0.2, 0.25) is 0 Å². The first-order valence-electron chi connectivity index (χ1n) is 3.54. The molecular formula is C6H10BrN3O2S. The molecule has 0 aliphatic carbocycles. The first kappa shape index (κ1) is 10.5. The van der Waals surface area contributed by atoms with Crippen LogP contribution in [0.4, 0.5) is 5.82 Å². The predicted octanol–water partition coefficient (Wildman–Crippen LogP) is 0.272. The first-order chi connectivity index (χ1) is 5.90. The number of anilines is 1. The Morgan fingerprint density at radius 1 is 1.69 bits per heavy atom. The molecule has 1 aromatic rings. The highest BCUT2D eigenvalue weighted by Gasteiger charge is 2.07. The second-order valence-electron chi connectivity index (χ2n) is 2.73. The zero-order valence-corrected chi connectivity index (χ0v) is 9.47. The fourth-order valence-corrected chi connectivity index (χ4v) is 1.60. The van der Waals surface area contributed by atoms with Crippen molar-refractivity contribution in [2.75, 3.05) is 17.7 Å². The minimum atomic E-state index is -2.96. The number of hydrogen-bond donors (Lipinski definition) is 1. The number of aromatic nitrogens is 2. The zero-order chi connectivity index (χ0) is 10.1. The molecular weight excluding hydrogens is 258 g/mol. The molecule has 74 valence electrons. The number of nitrogens with zero attached hydrogens (tertiary/aromatic N) is 2. The molecule has 0 saturated heterocycles. The van der Waals surface area contributed by atoms with E-state index in [0.29, 0.717) is 10.3 Å². The first-order valence-corrected chi connectivity index (χ1v) is 6.40. The maximum Gasteiger partial charge on any atom is 0.149 e. The molecule has 5 nitrogen and oxygen atoms in total. The summed E-state index contributed by atoms with van der Waals surface area (Å²) in [5.41, 5.74) is 5.59. The number of aryl methyl sites for hydroxylation is 1. The van der Waals surface area contributed by atoms with Crippen molar-refractivity contribution in [1.29, 1.82) is 0 Å². The van der Waals surface area contributed by atoms with Crippen LogP contribution in [0.3, 0.4) is 0 Å². The molecule has 0 atom stereocenters. The Morgan fingerprint density at radius 2 is 2.31 bits per heavy atom. The van der Waals surface area contributed by atoms with Crippen LogP contribution in [0.1, 0.15) is 0 Å². The normalized spacial score (nSPS) is 11.8. The van der Waals surface area contributed by atoms with Gasteiger partial charge in [0.1, 0.15) is 15.7 Å². The van der Waals surface area contributed by atoms with Crippen LogP contribution < -0.4 is 5.73 Å². The molecule has 0 aromatic carbocycles. The van der Waals surface area contributed by atoms with Gasteiger partial charge in [0.25, 0.3) is 0 Å². The van der Waals surface area contributed by atoms with Gasteiger partial charge in [0.15, 0.2) is 0 Å². The van der Waals surface area contributed by atoms with Crippen molar-refractivity contribution in [3.8, 4) is 0 Å². The standard InChI is InChI=1S/C6H10BrN3O2S/c1-13(11,12)3-2-10-6(8)5(7)4-9-10/h4H,2-3,8H2,1H3. The maximum atomic E-state index is 10.8. The van der Waals surface area contributed by atoms with E-state index in [1.165, 1.54) is 17.1 Å². The van der Waals surface area contributed by atoms with Gasteiger partial charge >= 0.3 is 0 Å². The smallest absolute Gasteiger partial charge is 0.149 e. The van der Waals surface area contributed by atoms with Crippen LogP contribution >= 0.6 is 15.9 Å². The summed E-state index contributed by atoms with van der Waals surface area (Å²) in [6.45, 7) is 0.288. The number of nitrogen functional groups attached to an aromatic ring is 1. The van der Waals surface area contributed by atoms with E-state index >= 15 is 0 Å². The largest absolute Gasteiger partial charge is 0.383 e. The Hall–Kier alpha value is -0.560. The molecule has 0 amide bonds. The molecule has 0 fully saturated rings. The van der Waals surface area contributed by atoms with Crippen LogP contribution in [0.15, 0.2) is 10.7 Å². The van der Waals surface area contributed by atoms with Crippen LogP contribution in [0.25, 0.3) is 0 Å². The van der Waals surface area contributed by atoms with E-state index in [-0.39, 0.29) is 12.3 Å². The number of sulfone groups is 1. The van der Waals surface area contributed by atoms with Gasteiger partial charge < -0.3 is 5.73 Å². The summed E-state index contributed by atoms with van der Waals surface area (Å²) in [5, 5.41) is 3.90. The van der Waals surface area contributed by atoms with Gasteiger partial charge in [-0.2, -0.15) is 5.10 Å². The molecule has 0 radical (unpaired) electrons. The molecule has 1 heterocycles. The minimum absolute atomic E-state index is 0.0469. The third-order valence-electron chi connectivity index (χ3n) is 1.51. The molecule has 0 bridgehead atoms. The van der Waals surface area contributed by atoms with E-state index in [4.69, 9.17) is 5.73 Å². The zero-order valence-electron chi connectivity index (χ0n) is 7.07. The Bertz CT molecular complexity index is 398. The van der Waals surface area contributed by atoms with E-state index < -0.39 is 9.84 Å². The van der Waals surface area contributed by atoms with Crippen LogP contribution in [-0.2, 0) is 16.4 Å². The van der Waals surface area contributed by atoms with E-state index in [0.717, 1.165) is 0 Å². The van der Waals surface area contributed by atoms with E-state index in [9.17, 15) is 8.42 Å². The average Bonchev–Trinajstić information content (AvgIpc) is 2.29. The minimum Gasteiger partial charge on any atom is -0.383 e. The van der Waals surface area contributed by atoms with E-state index in [2.05, 4.69) is 21.0 Å². The summed E-state index contributed by atoms with van der Waals surface area (Å²) >= 11 is 3.18. The number of hydrogen-bond acceptors (Lipinski definition) is 4. The lowest BCUT2D eigenvalue weighted by molar-refractivity contribution is 0.587. The summed E-state index contributed by atoms with van der Waals surface area (Å²) in [4.78, 5) is 0. The van der Waals surface area contributed by atoms with Gasteiger partial charge in [-0.3, -0.25) is 0 Å². The van der Waals surface area contributed by atoms with Gasteiger partial charge in [-0.15, -0.1) is 0 Å². The van der Waals surface area contributed by atoms with Crippen LogP contribution in [0.5, 0.6) is 0 Å². The van der Waals surface area contributed by atoms with Gasteiger partial charge in [-0.05, 0) is 15.9 Å². The number of rotatable bonds is 3. The Morgan fingerprint density at radius 3 is 2.69 bits per heavy atom. The van der Waals surface area contributed by atoms with Crippen LogP contribution in [0.2, 0.25) is 0 Å².